The van der Waals surface area contributed by atoms with E-state index in [-0.39, 0.29) is 11.8 Å². The van der Waals surface area contributed by atoms with Crippen LogP contribution in [0, 0.1) is 0 Å². The Morgan fingerprint density at radius 3 is 2.45 bits per heavy atom. The Morgan fingerprint density at radius 2 is 1.82 bits per heavy atom. The van der Waals surface area contributed by atoms with Crippen molar-refractivity contribution in [1.29, 1.82) is 0 Å². The van der Waals surface area contributed by atoms with Crippen LogP contribution in [-0.4, -0.2) is 41.2 Å². The quantitative estimate of drug-likeness (QED) is 0.497. The maximum Gasteiger partial charge on any atom is 0.316 e. The van der Waals surface area contributed by atoms with Crippen LogP contribution in [0.2, 0.25) is 0 Å². The first-order chi connectivity index (χ1) is 10.4. The molecule has 7 heteroatoms. The molecule has 3 N–H and O–H groups in total. The summed E-state index contributed by atoms with van der Waals surface area (Å²) in [5, 5.41) is 13.7. The first-order valence-corrected chi connectivity index (χ1v) is 7.81. The van der Waals surface area contributed by atoms with Gasteiger partial charge in [0.1, 0.15) is 5.25 Å². The summed E-state index contributed by atoms with van der Waals surface area (Å²) in [4.78, 5) is 34.4. The summed E-state index contributed by atoms with van der Waals surface area (Å²) in [6.45, 7) is 3.96. The number of amides is 2. The fourth-order valence-electron chi connectivity index (χ4n) is 1.65. The lowest BCUT2D eigenvalue weighted by Crippen LogP contribution is -2.29. The standard InChI is InChI=1S/C15H20N2O4S/c1-10(15(20)21)22-13-7-4-3-6-12(13)14(19)17-9-5-8-16-11(2)18/h3-4,6-7,10H,5,8-9H2,1-2H3,(H,16,18)(H,17,19)(H,20,21). The van der Waals surface area contributed by atoms with E-state index >= 15 is 0 Å². The highest BCUT2D eigenvalue weighted by molar-refractivity contribution is 8.00. The van der Waals surface area contributed by atoms with Crippen LogP contribution in [0.4, 0.5) is 0 Å². The van der Waals surface area contributed by atoms with Crippen LogP contribution in [0.5, 0.6) is 0 Å². The highest BCUT2D eigenvalue weighted by Gasteiger charge is 2.17. The molecule has 1 unspecified atom stereocenters. The summed E-state index contributed by atoms with van der Waals surface area (Å²) in [5.74, 6) is -1.27. The molecule has 1 aromatic rings. The van der Waals surface area contributed by atoms with Gasteiger partial charge >= 0.3 is 5.97 Å². The minimum absolute atomic E-state index is 0.101. The zero-order valence-electron chi connectivity index (χ0n) is 12.6. The van der Waals surface area contributed by atoms with E-state index in [1.54, 1.807) is 31.2 Å². The van der Waals surface area contributed by atoms with Crippen LogP contribution in [0.3, 0.4) is 0 Å². The van der Waals surface area contributed by atoms with E-state index < -0.39 is 11.2 Å². The molecule has 0 spiro atoms. The Balaban J connectivity index is 2.58. The lowest BCUT2D eigenvalue weighted by molar-refractivity contribution is -0.136. The molecular weight excluding hydrogens is 304 g/mol. The van der Waals surface area contributed by atoms with Crippen molar-refractivity contribution in [3.05, 3.63) is 29.8 Å². The number of rotatable bonds is 8. The monoisotopic (exact) mass is 324 g/mol. The van der Waals surface area contributed by atoms with Crippen molar-refractivity contribution in [2.45, 2.75) is 30.4 Å². The van der Waals surface area contributed by atoms with E-state index in [0.29, 0.717) is 30.0 Å². The molecule has 1 atom stereocenters. The predicted molar refractivity (Wildman–Crippen MR) is 85.0 cm³/mol. The SMILES string of the molecule is CC(=O)NCCCNC(=O)c1ccccc1SC(C)C(=O)O. The van der Waals surface area contributed by atoms with E-state index in [1.165, 1.54) is 6.92 Å². The van der Waals surface area contributed by atoms with Gasteiger partial charge in [0.15, 0.2) is 0 Å². The lowest BCUT2D eigenvalue weighted by Gasteiger charge is -2.12. The van der Waals surface area contributed by atoms with Gasteiger partial charge in [0.2, 0.25) is 5.91 Å². The molecule has 22 heavy (non-hydrogen) atoms. The van der Waals surface area contributed by atoms with Crippen LogP contribution < -0.4 is 10.6 Å². The Bertz CT molecular complexity index is 548. The predicted octanol–water partition coefficient (Wildman–Crippen LogP) is 1.51. The molecule has 6 nitrogen and oxygen atoms in total. The third kappa shape index (κ3) is 6.17. The summed E-state index contributed by atoms with van der Waals surface area (Å²) >= 11 is 1.14. The van der Waals surface area contributed by atoms with Crippen molar-refractivity contribution in [1.82, 2.24) is 10.6 Å². The van der Waals surface area contributed by atoms with Crippen molar-refractivity contribution in [3.8, 4) is 0 Å². The molecule has 1 aromatic carbocycles. The smallest absolute Gasteiger partial charge is 0.316 e. The Hall–Kier alpha value is -2.02. The minimum atomic E-state index is -0.921. The fourth-order valence-corrected chi connectivity index (χ4v) is 2.57. The average molecular weight is 324 g/mol. The van der Waals surface area contributed by atoms with Gasteiger partial charge in [-0.3, -0.25) is 14.4 Å². The molecule has 0 heterocycles. The van der Waals surface area contributed by atoms with Crippen molar-refractivity contribution in [3.63, 3.8) is 0 Å². The molecule has 0 aliphatic rings. The van der Waals surface area contributed by atoms with Crippen molar-refractivity contribution < 1.29 is 19.5 Å². The van der Waals surface area contributed by atoms with Gasteiger partial charge in [-0.25, -0.2) is 0 Å². The molecule has 0 aliphatic heterocycles. The van der Waals surface area contributed by atoms with Crippen LogP contribution in [0.25, 0.3) is 0 Å². The second-order valence-electron chi connectivity index (χ2n) is 4.69. The number of carboxylic acids is 1. The number of benzene rings is 1. The van der Waals surface area contributed by atoms with Gasteiger partial charge in [0, 0.05) is 24.9 Å². The van der Waals surface area contributed by atoms with E-state index in [4.69, 9.17) is 5.11 Å². The highest BCUT2D eigenvalue weighted by Crippen LogP contribution is 2.26. The normalized spacial score (nSPS) is 11.5. The molecule has 0 aromatic heterocycles. The number of hydrogen-bond donors (Lipinski definition) is 3. The summed E-state index contributed by atoms with van der Waals surface area (Å²) < 4.78 is 0. The van der Waals surface area contributed by atoms with E-state index in [2.05, 4.69) is 10.6 Å². The van der Waals surface area contributed by atoms with E-state index in [9.17, 15) is 14.4 Å². The average Bonchev–Trinajstić information content (AvgIpc) is 2.46. The largest absolute Gasteiger partial charge is 0.480 e. The van der Waals surface area contributed by atoms with Gasteiger partial charge in [-0.05, 0) is 25.5 Å². The second kappa shape index (κ2) is 9.09. The zero-order chi connectivity index (χ0) is 16.5. The molecule has 0 fully saturated rings. The number of aliphatic carboxylic acids is 1. The molecule has 1 rings (SSSR count). The van der Waals surface area contributed by atoms with Gasteiger partial charge in [-0.2, -0.15) is 0 Å². The summed E-state index contributed by atoms with van der Waals surface area (Å²) in [6.07, 6.45) is 0.631. The Morgan fingerprint density at radius 1 is 1.18 bits per heavy atom. The summed E-state index contributed by atoms with van der Waals surface area (Å²) in [6, 6.07) is 6.91. The number of carboxylic acid groups (broad SMARTS) is 1. The summed E-state index contributed by atoms with van der Waals surface area (Å²) in [5.41, 5.74) is 0.458. The Kier molecular flexibility index (Phi) is 7.45. The molecule has 0 saturated heterocycles. The van der Waals surface area contributed by atoms with Crippen molar-refractivity contribution in [2.24, 2.45) is 0 Å². The van der Waals surface area contributed by atoms with E-state index in [1.807, 2.05) is 0 Å². The number of thioether (sulfide) groups is 1. The van der Waals surface area contributed by atoms with Gasteiger partial charge in [0.05, 0.1) is 5.56 Å². The number of carbonyl (C=O) groups is 3. The zero-order valence-corrected chi connectivity index (χ0v) is 13.4. The first-order valence-electron chi connectivity index (χ1n) is 6.93. The fraction of sp³-hybridized carbons (Fsp3) is 0.400. The van der Waals surface area contributed by atoms with Crippen molar-refractivity contribution >= 4 is 29.5 Å². The lowest BCUT2D eigenvalue weighted by atomic mass is 10.2. The molecule has 120 valence electrons. The van der Waals surface area contributed by atoms with E-state index in [0.717, 1.165) is 11.8 Å². The third-order valence-corrected chi connectivity index (χ3v) is 3.96. The topological polar surface area (TPSA) is 95.5 Å². The first kappa shape index (κ1) is 18.0. The summed E-state index contributed by atoms with van der Waals surface area (Å²) in [7, 11) is 0. The third-order valence-electron chi connectivity index (χ3n) is 2.80. The second-order valence-corrected chi connectivity index (χ2v) is 6.07. The molecule has 0 aliphatic carbocycles. The van der Waals surface area contributed by atoms with Gasteiger partial charge in [-0.15, -0.1) is 11.8 Å². The van der Waals surface area contributed by atoms with Crippen LogP contribution in [-0.2, 0) is 9.59 Å². The number of hydrogen-bond acceptors (Lipinski definition) is 4. The Labute approximate surface area is 133 Å². The highest BCUT2D eigenvalue weighted by atomic mass is 32.2. The minimum Gasteiger partial charge on any atom is -0.480 e. The molecular formula is C15H20N2O4S. The molecule has 2 amide bonds. The molecule has 0 radical (unpaired) electrons. The molecule has 0 bridgehead atoms. The van der Waals surface area contributed by atoms with Crippen LogP contribution in [0.1, 0.15) is 30.6 Å². The van der Waals surface area contributed by atoms with Gasteiger partial charge < -0.3 is 15.7 Å². The van der Waals surface area contributed by atoms with Crippen LogP contribution in [0.15, 0.2) is 29.2 Å². The number of nitrogens with one attached hydrogen (secondary N) is 2. The van der Waals surface area contributed by atoms with Gasteiger partial charge in [-0.1, -0.05) is 12.1 Å². The number of carbonyl (C=O) groups excluding carboxylic acids is 2. The molecule has 0 saturated carbocycles. The van der Waals surface area contributed by atoms with Crippen molar-refractivity contribution in [2.75, 3.05) is 13.1 Å². The maximum atomic E-state index is 12.2. The van der Waals surface area contributed by atoms with Crippen LogP contribution >= 0.6 is 11.8 Å². The maximum absolute atomic E-state index is 12.2. The van der Waals surface area contributed by atoms with Gasteiger partial charge in [0.25, 0.3) is 5.91 Å².